The third-order valence-corrected chi connectivity index (χ3v) is 4.28. The molecule has 0 fully saturated rings. The Hall–Kier alpha value is -2.66. The van der Waals surface area contributed by atoms with Gasteiger partial charge < -0.3 is 10.6 Å². The van der Waals surface area contributed by atoms with Crippen LogP contribution in [-0.2, 0) is 11.3 Å². The van der Waals surface area contributed by atoms with E-state index in [9.17, 15) is 4.79 Å². The molecule has 0 aliphatic carbocycles. The Labute approximate surface area is 148 Å². The fourth-order valence-corrected chi connectivity index (χ4v) is 2.87. The molecule has 130 valence electrons. The molecular weight excluding hydrogens is 312 g/mol. The number of carbonyl (C=O) groups excluding carboxylic acids is 1. The van der Waals surface area contributed by atoms with Crippen LogP contribution in [0.1, 0.15) is 25.5 Å². The Morgan fingerprint density at radius 3 is 2.68 bits per heavy atom. The average molecular weight is 336 g/mol. The van der Waals surface area contributed by atoms with Crippen LogP contribution in [0.5, 0.6) is 0 Å². The van der Waals surface area contributed by atoms with Crippen LogP contribution in [0, 0.1) is 0 Å². The number of aromatic nitrogens is 2. The van der Waals surface area contributed by atoms with Gasteiger partial charge in [0.05, 0.1) is 19.1 Å². The van der Waals surface area contributed by atoms with Gasteiger partial charge in [-0.15, -0.1) is 0 Å². The molecule has 1 heterocycles. The van der Waals surface area contributed by atoms with E-state index in [1.807, 2.05) is 42.9 Å². The molecule has 2 unspecified atom stereocenters. The third-order valence-electron chi connectivity index (χ3n) is 4.28. The molecule has 0 spiro atoms. The molecule has 5 nitrogen and oxygen atoms in total. The van der Waals surface area contributed by atoms with Gasteiger partial charge in [-0.05, 0) is 42.3 Å². The van der Waals surface area contributed by atoms with Crippen LogP contribution in [0.4, 0.5) is 0 Å². The highest BCUT2D eigenvalue weighted by Gasteiger charge is 2.11. The van der Waals surface area contributed by atoms with Crippen molar-refractivity contribution in [2.24, 2.45) is 0 Å². The van der Waals surface area contributed by atoms with Crippen LogP contribution in [0.2, 0.25) is 0 Å². The highest BCUT2D eigenvalue weighted by Crippen LogP contribution is 2.20. The first-order valence-electron chi connectivity index (χ1n) is 8.60. The number of fused-ring (bicyclic) bond motifs is 1. The van der Waals surface area contributed by atoms with Gasteiger partial charge in [0.25, 0.3) is 0 Å². The predicted molar refractivity (Wildman–Crippen MR) is 100 cm³/mol. The topological polar surface area (TPSA) is 59.0 Å². The molecule has 3 aromatic rings. The minimum Gasteiger partial charge on any atom is -0.348 e. The largest absolute Gasteiger partial charge is 0.348 e. The van der Waals surface area contributed by atoms with Crippen molar-refractivity contribution in [3.8, 4) is 0 Å². The summed E-state index contributed by atoms with van der Waals surface area (Å²) in [6.45, 7) is 5.08. The molecule has 5 heteroatoms. The standard InChI is InChI=1S/C20H24N4O/c1-15(14-24-11-5-10-22-24)21-13-20(25)23-16(2)18-9-8-17-6-3-4-7-19(17)12-18/h3-12,15-16,21H,13-14H2,1-2H3,(H,23,25). The lowest BCUT2D eigenvalue weighted by atomic mass is 10.0. The van der Waals surface area contributed by atoms with Crippen LogP contribution < -0.4 is 10.6 Å². The molecule has 25 heavy (non-hydrogen) atoms. The quantitative estimate of drug-likeness (QED) is 0.697. The normalized spacial score (nSPS) is 13.5. The fourth-order valence-electron chi connectivity index (χ4n) is 2.87. The SMILES string of the molecule is CC(Cn1cccn1)NCC(=O)NC(C)c1ccc2ccccc2c1. The van der Waals surface area contributed by atoms with E-state index in [4.69, 9.17) is 0 Å². The summed E-state index contributed by atoms with van der Waals surface area (Å²) in [6.07, 6.45) is 3.67. The molecule has 1 aromatic heterocycles. The van der Waals surface area contributed by atoms with Crippen molar-refractivity contribution in [2.45, 2.75) is 32.5 Å². The molecule has 0 saturated carbocycles. The summed E-state index contributed by atoms with van der Waals surface area (Å²) in [6, 6.07) is 16.6. The van der Waals surface area contributed by atoms with Gasteiger partial charge in [-0.1, -0.05) is 36.4 Å². The second-order valence-corrected chi connectivity index (χ2v) is 6.41. The Balaban J connectivity index is 1.51. The summed E-state index contributed by atoms with van der Waals surface area (Å²) < 4.78 is 1.85. The number of carbonyl (C=O) groups is 1. The monoisotopic (exact) mass is 336 g/mol. The molecule has 0 aliphatic rings. The van der Waals surface area contributed by atoms with Gasteiger partial charge in [-0.25, -0.2) is 0 Å². The molecule has 0 aliphatic heterocycles. The maximum absolute atomic E-state index is 12.2. The molecule has 2 atom stereocenters. The number of hydrogen-bond acceptors (Lipinski definition) is 3. The summed E-state index contributed by atoms with van der Waals surface area (Å²) in [5.41, 5.74) is 1.11. The summed E-state index contributed by atoms with van der Waals surface area (Å²) in [4.78, 5) is 12.2. The highest BCUT2D eigenvalue weighted by atomic mass is 16.1. The van der Waals surface area contributed by atoms with E-state index < -0.39 is 0 Å². The molecule has 0 saturated heterocycles. The minimum absolute atomic E-state index is 0.00651. The van der Waals surface area contributed by atoms with Gasteiger partial charge in [-0.2, -0.15) is 5.10 Å². The summed E-state index contributed by atoms with van der Waals surface area (Å²) in [7, 11) is 0. The van der Waals surface area contributed by atoms with Crippen molar-refractivity contribution < 1.29 is 4.79 Å². The fraction of sp³-hybridized carbons (Fsp3) is 0.300. The van der Waals surface area contributed by atoms with Crippen LogP contribution in [0.15, 0.2) is 60.9 Å². The first-order chi connectivity index (χ1) is 12.1. The third kappa shape index (κ3) is 4.67. The maximum atomic E-state index is 12.2. The number of nitrogens with one attached hydrogen (secondary N) is 2. The Morgan fingerprint density at radius 2 is 1.92 bits per heavy atom. The second kappa shape index (κ2) is 7.94. The zero-order valence-corrected chi connectivity index (χ0v) is 14.6. The molecule has 1 amide bonds. The summed E-state index contributed by atoms with van der Waals surface area (Å²) in [5.74, 6) is -0.00651. The van der Waals surface area contributed by atoms with E-state index in [0.717, 1.165) is 12.1 Å². The molecule has 2 N–H and O–H groups in total. The number of amides is 1. The van der Waals surface area contributed by atoms with E-state index in [1.54, 1.807) is 6.20 Å². The zero-order valence-electron chi connectivity index (χ0n) is 14.6. The number of hydrogen-bond donors (Lipinski definition) is 2. The predicted octanol–water partition coefficient (Wildman–Crippen LogP) is 2.89. The average Bonchev–Trinajstić information content (AvgIpc) is 3.12. The maximum Gasteiger partial charge on any atom is 0.234 e. The molecule has 2 aromatic carbocycles. The van der Waals surface area contributed by atoms with Crippen LogP contribution in [0.3, 0.4) is 0 Å². The van der Waals surface area contributed by atoms with Gasteiger partial charge in [0, 0.05) is 18.4 Å². The van der Waals surface area contributed by atoms with Crippen LogP contribution in [-0.4, -0.2) is 28.3 Å². The van der Waals surface area contributed by atoms with Crippen molar-refractivity contribution >= 4 is 16.7 Å². The second-order valence-electron chi connectivity index (χ2n) is 6.41. The Morgan fingerprint density at radius 1 is 1.12 bits per heavy atom. The smallest absolute Gasteiger partial charge is 0.234 e. The number of benzene rings is 2. The van der Waals surface area contributed by atoms with E-state index >= 15 is 0 Å². The first kappa shape index (κ1) is 17.2. The van der Waals surface area contributed by atoms with E-state index in [0.29, 0.717) is 6.54 Å². The van der Waals surface area contributed by atoms with Crippen molar-refractivity contribution in [1.29, 1.82) is 0 Å². The van der Waals surface area contributed by atoms with E-state index in [1.165, 1.54) is 10.8 Å². The minimum atomic E-state index is -0.0275. The van der Waals surface area contributed by atoms with Crippen molar-refractivity contribution in [3.63, 3.8) is 0 Å². The van der Waals surface area contributed by atoms with Crippen LogP contribution in [0.25, 0.3) is 10.8 Å². The molecule has 0 radical (unpaired) electrons. The lowest BCUT2D eigenvalue weighted by Crippen LogP contribution is -2.40. The van der Waals surface area contributed by atoms with Crippen LogP contribution >= 0.6 is 0 Å². The highest BCUT2D eigenvalue weighted by molar-refractivity contribution is 5.83. The zero-order chi connectivity index (χ0) is 17.6. The van der Waals surface area contributed by atoms with Gasteiger partial charge >= 0.3 is 0 Å². The lowest BCUT2D eigenvalue weighted by molar-refractivity contribution is -0.121. The van der Waals surface area contributed by atoms with Gasteiger partial charge in [-0.3, -0.25) is 9.48 Å². The lowest BCUT2D eigenvalue weighted by Gasteiger charge is -2.17. The first-order valence-corrected chi connectivity index (χ1v) is 8.60. The van der Waals surface area contributed by atoms with Crippen molar-refractivity contribution in [1.82, 2.24) is 20.4 Å². The van der Waals surface area contributed by atoms with E-state index in [-0.39, 0.29) is 18.0 Å². The van der Waals surface area contributed by atoms with Crippen molar-refractivity contribution in [3.05, 3.63) is 66.5 Å². The summed E-state index contributed by atoms with van der Waals surface area (Å²) in [5, 5.41) is 12.9. The molecular formula is C20H24N4O. The summed E-state index contributed by atoms with van der Waals surface area (Å²) >= 11 is 0. The molecule has 0 bridgehead atoms. The van der Waals surface area contributed by atoms with E-state index in [2.05, 4.69) is 46.1 Å². The Kier molecular flexibility index (Phi) is 5.46. The number of nitrogens with zero attached hydrogens (tertiary/aromatic N) is 2. The van der Waals surface area contributed by atoms with Gasteiger partial charge in [0.15, 0.2) is 0 Å². The van der Waals surface area contributed by atoms with Gasteiger partial charge in [0.2, 0.25) is 5.91 Å². The Bertz CT molecular complexity index is 829. The number of rotatable bonds is 7. The van der Waals surface area contributed by atoms with Crippen molar-refractivity contribution in [2.75, 3.05) is 6.54 Å². The molecule has 3 rings (SSSR count). The van der Waals surface area contributed by atoms with Gasteiger partial charge in [0.1, 0.15) is 0 Å².